The molecule has 0 saturated carbocycles. The summed E-state index contributed by atoms with van der Waals surface area (Å²) in [6.45, 7) is 0.0606. The number of rotatable bonds is 6. The van der Waals surface area contributed by atoms with E-state index in [2.05, 4.69) is 4.98 Å². The second-order valence-corrected chi connectivity index (χ2v) is 7.65. The van der Waals surface area contributed by atoms with Gasteiger partial charge >= 0.3 is 0 Å². The van der Waals surface area contributed by atoms with Crippen molar-refractivity contribution in [2.24, 2.45) is 0 Å². The van der Waals surface area contributed by atoms with Crippen molar-refractivity contribution in [3.63, 3.8) is 0 Å². The molecule has 6 nitrogen and oxygen atoms in total. The first-order chi connectivity index (χ1) is 14.1. The summed E-state index contributed by atoms with van der Waals surface area (Å²) in [4.78, 5) is 18.5. The lowest BCUT2D eigenvalue weighted by atomic mass is 10.2. The van der Waals surface area contributed by atoms with Crippen molar-refractivity contribution in [1.29, 1.82) is 0 Å². The Balaban J connectivity index is 1.76. The minimum atomic E-state index is -0.161. The monoisotopic (exact) mass is 428 g/mol. The molecule has 0 bridgehead atoms. The number of hydrogen-bond acceptors (Lipinski definition) is 6. The number of halogens is 1. The fraction of sp³-hybridized carbons (Fsp3) is 0.143. The number of aliphatic hydroxyl groups is 1. The molecule has 8 heteroatoms. The molecule has 4 aromatic rings. The van der Waals surface area contributed by atoms with Gasteiger partial charge in [0.25, 0.3) is 5.56 Å². The van der Waals surface area contributed by atoms with Gasteiger partial charge in [0, 0.05) is 16.0 Å². The fourth-order valence-corrected chi connectivity index (χ4v) is 4.11. The topological polar surface area (TPSA) is 73.6 Å². The molecule has 1 N–H and O–H groups in total. The highest BCUT2D eigenvalue weighted by molar-refractivity contribution is 7.22. The first kappa shape index (κ1) is 19.4. The molecule has 0 fully saturated rings. The van der Waals surface area contributed by atoms with E-state index in [1.807, 2.05) is 30.3 Å². The van der Waals surface area contributed by atoms with Crippen molar-refractivity contribution in [3.05, 3.63) is 70.2 Å². The minimum Gasteiger partial charge on any atom is -0.493 e. The van der Waals surface area contributed by atoms with Crippen LogP contribution in [-0.4, -0.2) is 35.0 Å². The number of ether oxygens (including phenoxy) is 2. The number of fused-ring (bicyclic) bond motifs is 1. The Morgan fingerprint density at radius 3 is 2.66 bits per heavy atom. The molecule has 0 aliphatic rings. The van der Waals surface area contributed by atoms with Crippen molar-refractivity contribution in [1.82, 2.24) is 9.55 Å². The Labute approximate surface area is 175 Å². The highest BCUT2D eigenvalue weighted by Crippen LogP contribution is 2.32. The molecule has 0 spiro atoms. The van der Waals surface area contributed by atoms with Gasteiger partial charge in [-0.25, -0.2) is 4.98 Å². The van der Waals surface area contributed by atoms with E-state index in [-0.39, 0.29) is 18.8 Å². The zero-order valence-corrected chi connectivity index (χ0v) is 17.0. The van der Waals surface area contributed by atoms with Gasteiger partial charge in [-0.3, -0.25) is 9.36 Å². The molecule has 2 heterocycles. The van der Waals surface area contributed by atoms with Crippen molar-refractivity contribution >= 4 is 33.2 Å². The SMILES string of the molecule is COc1cc(-n2cnc3cc(-c4ccc(Cl)cc4)sc3c2=O)ccc1OCCO. The molecule has 0 saturated heterocycles. The first-order valence-electron chi connectivity index (χ1n) is 8.80. The third-order valence-corrected chi connectivity index (χ3v) is 5.75. The number of aromatic nitrogens is 2. The summed E-state index contributed by atoms with van der Waals surface area (Å²) < 4.78 is 12.8. The zero-order chi connectivity index (χ0) is 20.4. The van der Waals surface area contributed by atoms with Gasteiger partial charge in [0.05, 0.1) is 24.9 Å². The van der Waals surface area contributed by atoms with Gasteiger partial charge in [-0.2, -0.15) is 0 Å². The largest absolute Gasteiger partial charge is 0.493 e. The Bertz CT molecular complexity index is 1220. The van der Waals surface area contributed by atoms with Crippen molar-refractivity contribution in [3.8, 4) is 27.6 Å². The van der Waals surface area contributed by atoms with Gasteiger partial charge in [0.1, 0.15) is 17.6 Å². The molecule has 0 radical (unpaired) electrons. The first-order valence-corrected chi connectivity index (χ1v) is 9.99. The van der Waals surface area contributed by atoms with E-state index < -0.39 is 0 Å². The molecule has 2 aromatic heterocycles. The number of benzene rings is 2. The second kappa shape index (κ2) is 8.24. The van der Waals surface area contributed by atoms with Crippen LogP contribution in [0.5, 0.6) is 11.5 Å². The second-order valence-electron chi connectivity index (χ2n) is 6.16. The van der Waals surface area contributed by atoms with Gasteiger partial charge in [0.15, 0.2) is 11.5 Å². The lowest BCUT2D eigenvalue weighted by molar-refractivity contribution is 0.196. The maximum absolute atomic E-state index is 13.1. The molecular formula is C21H17ClN2O4S. The smallest absolute Gasteiger partial charge is 0.275 e. The molecule has 0 amide bonds. The lowest BCUT2D eigenvalue weighted by Gasteiger charge is -2.12. The molecule has 0 unspecified atom stereocenters. The molecule has 0 aliphatic carbocycles. The van der Waals surface area contributed by atoms with E-state index in [0.717, 1.165) is 10.4 Å². The van der Waals surface area contributed by atoms with Crippen LogP contribution < -0.4 is 15.0 Å². The van der Waals surface area contributed by atoms with Gasteiger partial charge < -0.3 is 14.6 Å². The van der Waals surface area contributed by atoms with Crippen LogP contribution in [0.15, 0.2) is 59.7 Å². The Morgan fingerprint density at radius 2 is 1.93 bits per heavy atom. The van der Waals surface area contributed by atoms with Crippen LogP contribution in [0.3, 0.4) is 0 Å². The summed E-state index contributed by atoms with van der Waals surface area (Å²) in [5.41, 5.74) is 2.08. The highest BCUT2D eigenvalue weighted by Gasteiger charge is 2.13. The average molecular weight is 429 g/mol. The van der Waals surface area contributed by atoms with Gasteiger partial charge in [-0.1, -0.05) is 23.7 Å². The summed E-state index contributed by atoms with van der Waals surface area (Å²) in [7, 11) is 1.52. The Hall–Kier alpha value is -2.87. The van der Waals surface area contributed by atoms with Crippen LogP contribution in [-0.2, 0) is 0 Å². The van der Waals surface area contributed by atoms with Crippen LogP contribution in [0.1, 0.15) is 0 Å². The fourth-order valence-electron chi connectivity index (χ4n) is 2.93. The maximum atomic E-state index is 13.1. The number of thiophene rings is 1. The summed E-state index contributed by atoms with van der Waals surface area (Å²) in [6, 6.07) is 14.5. The summed E-state index contributed by atoms with van der Waals surface area (Å²) in [6.07, 6.45) is 1.51. The predicted molar refractivity (Wildman–Crippen MR) is 115 cm³/mol. The number of methoxy groups -OCH3 is 1. The van der Waals surface area contributed by atoms with Crippen LogP contribution in [0.2, 0.25) is 5.02 Å². The van der Waals surface area contributed by atoms with E-state index in [1.54, 1.807) is 18.2 Å². The summed E-state index contributed by atoms with van der Waals surface area (Å²) >= 11 is 7.35. The number of aliphatic hydroxyl groups excluding tert-OH is 1. The summed E-state index contributed by atoms with van der Waals surface area (Å²) in [5.74, 6) is 0.963. The molecule has 4 rings (SSSR count). The average Bonchev–Trinajstić information content (AvgIpc) is 3.18. The van der Waals surface area contributed by atoms with E-state index in [4.69, 9.17) is 26.2 Å². The Kier molecular flexibility index (Phi) is 5.53. The van der Waals surface area contributed by atoms with Gasteiger partial charge in [-0.15, -0.1) is 11.3 Å². The quantitative estimate of drug-likeness (QED) is 0.499. The number of hydrogen-bond donors (Lipinski definition) is 1. The van der Waals surface area contributed by atoms with Crippen molar-refractivity contribution in [2.45, 2.75) is 0 Å². The van der Waals surface area contributed by atoms with Crippen LogP contribution in [0.4, 0.5) is 0 Å². The molecule has 0 atom stereocenters. The molecular weight excluding hydrogens is 412 g/mol. The van der Waals surface area contributed by atoms with Crippen LogP contribution >= 0.6 is 22.9 Å². The van der Waals surface area contributed by atoms with E-state index in [1.165, 1.54) is 29.3 Å². The van der Waals surface area contributed by atoms with Crippen molar-refractivity contribution < 1.29 is 14.6 Å². The zero-order valence-electron chi connectivity index (χ0n) is 15.5. The standard InChI is InChI=1S/C21H17ClN2O4S/c1-27-18-10-15(6-7-17(18)28-9-8-25)24-12-23-16-11-19(29-20(16)21(24)26)13-2-4-14(22)5-3-13/h2-7,10-12,25H,8-9H2,1H3. The van der Waals surface area contributed by atoms with E-state index in [9.17, 15) is 4.79 Å². The van der Waals surface area contributed by atoms with Crippen LogP contribution in [0.25, 0.3) is 26.3 Å². The molecule has 0 aliphatic heterocycles. The molecule has 29 heavy (non-hydrogen) atoms. The lowest BCUT2D eigenvalue weighted by Crippen LogP contribution is -2.17. The van der Waals surface area contributed by atoms with E-state index in [0.29, 0.717) is 32.4 Å². The maximum Gasteiger partial charge on any atom is 0.275 e. The molecule has 148 valence electrons. The number of nitrogens with zero attached hydrogens (tertiary/aromatic N) is 2. The highest BCUT2D eigenvalue weighted by atomic mass is 35.5. The molecule has 2 aromatic carbocycles. The van der Waals surface area contributed by atoms with Crippen LogP contribution in [0, 0.1) is 0 Å². The van der Waals surface area contributed by atoms with Gasteiger partial charge in [-0.05, 0) is 35.9 Å². The van der Waals surface area contributed by atoms with Gasteiger partial charge in [0.2, 0.25) is 0 Å². The van der Waals surface area contributed by atoms with Crippen molar-refractivity contribution in [2.75, 3.05) is 20.3 Å². The van der Waals surface area contributed by atoms with E-state index >= 15 is 0 Å². The normalized spacial score (nSPS) is 11.0. The predicted octanol–water partition coefficient (Wildman–Crippen LogP) is 4.15. The Morgan fingerprint density at radius 1 is 1.14 bits per heavy atom. The minimum absolute atomic E-state index is 0.0979. The summed E-state index contributed by atoms with van der Waals surface area (Å²) in [5, 5.41) is 9.60. The third kappa shape index (κ3) is 3.85. The third-order valence-electron chi connectivity index (χ3n) is 4.34.